The van der Waals surface area contributed by atoms with Gasteiger partial charge in [-0.2, -0.15) is 0 Å². The van der Waals surface area contributed by atoms with Gasteiger partial charge in [0.05, 0.1) is 17.9 Å². The lowest BCUT2D eigenvalue weighted by atomic mass is 9.88. The lowest BCUT2D eigenvalue weighted by Crippen LogP contribution is -2.37. The predicted octanol–water partition coefficient (Wildman–Crippen LogP) is 1.80. The molecule has 0 saturated carbocycles. The van der Waals surface area contributed by atoms with Crippen molar-refractivity contribution in [2.45, 2.75) is 51.7 Å². The van der Waals surface area contributed by atoms with Crippen LogP contribution >= 0.6 is 0 Å². The first-order chi connectivity index (χ1) is 10.7. The molecule has 23 heavy (non-hydrogen) atoms. The molecule has 1 aromatic heterocycles. The largest absolute Gasteiger partial charge is 0.465 e. The molecular weight excluding hydrogens is 298 g/mol. The summed E-state index contributed by atoms with van der Waals surface area (Å²) in [5.74, 6) is -0.0646. The Morgan fingerprint density at radius 1 is 1.39 bits per heavy atom. The van der Waals surface area contributed by atoms with E-state index in [4.69, 9.17) is 9.15 Å². The molecule has 1 atom stereocenters. The number of furan rings is 1. The Hall–Kier alpha value is -1.37. The molecule has 0 radical (unpaired) electrons. The highest BCUT2D eigenvalue weighted by atomic mass is 16.5. The fourth-order valence-electron chi connectivity index (χ4n) is 2.87. The molecule has 1 aliphatic rings. The molecule has 130 valence electrons. The Morgan fingerprint density at radius 2 is 2.04 bits per heavy atom. The fraction of sp³-hybridized carbons (Fsp3) is 0.706. The summed E-state index contributed by atoms with van der Waals surface area (Å²) in [6.45, 7) is 7.14. The van der Waals surface area contributed by atoms with Crippen LogP contribution in [-0.2, 0) is 10.3 Å². The maximum Gasteiger partial charge on any atom is 0.255 e. The quantitative estimate of drug-likeness (QED) is 0.768. The van der Waals surface area contributed by atoms with Gasteiger partial charge in [-0.25, -0.2) is 0 Å². The molecule has 1 amide bonds. The van der Waals surface area contributed by atoms with Gasteiger partial charge in [-0.3, -0.25) is 4.79 Å². The molecule has 2 heterocycles. The van der Waals surface area contributed by atoms with Gasteiger partial charge >= 0.3 is 0 Å². The number of ether oxygens (including phenoxy) is 1. The standard InChI is InChI=1S/C17H27NO5/c1-16(2,3)10-12(19)11-18-15(20)13-4-7-23-14(13)17(21)5-8-22-9-6-17/h4,7,12,19,21H,5-6,8-11H2,1-3H3,(H,18,20). The number of carbonyl (C=O) groups excluding carboxylic acids is 1. The van der Waals surface area contributed by atoms with E-state index in [9.17, 15) is 15.0 Å². The van der Waals surface area contributed by atoms with Gasteiger partial charge in [0, 0.05) is 32.6 Å². The van der Waals surface area contributed by atoms with Crippen LogP contribution < -0.4 is 5.32 Å². The SMILES string of the molecule is CC(C)(C)CC(O)CNC(=O)c1ccoc1C1(O)CCOCC1. The molecule has 1 saturated heterocycles. The summed E-state index contributed by atoms with van der Waals surface area (Å²) in [6, 6.07) is 1.55. The lowest BCUT2D eigenvalue weighted by molar-refractivity contribution is -0.0804. The third-order valence-electron chi connectivity index (χ3n) is 4.00. The Bertz CT molecular complexity index is 525. The van der Waals surface area contributed by atoms with Crippen LogP contribution in [0.1, 0.15) is 56.2 Å². The Kier molecular flexibility index (Phi) is 5.49. The highest BCUT2D eigenvalue weighted by Gasteiger charge is 2.38. The molecule has 1 aliphatic heterocycles. The number of hydrogen-bond donors (Lipinski definition) is 3. The smallest absolute Gasteiger partial charge is 0.255 e. The van der Waals surface area contributed by atoms with Gasteiger partial charge in [0.25, 0.3) is 5.91 Å². The van der Waals surface area contributed by atoms with E-state index in [0.29, 0.717) is 38.0 Å². The second-order valence-electron chi connectivity index (χ2n) is 7.44. The topological polar surface area (TPSA) is 91.9 Å². The van der Waals surface area contributed by atoms with Crippen molar-refractivity contribution in [3.63, 3.8) is 0 Å². The molecular formula is C17H27NO5. The van der Waals surface area contributed by atoms with Gasteiger partial charge < -0.3 is 24.7 Å². The van der Waals surface area contributed by atoms with Gasteiger partial charge in [-0.15, -0.1) is 0 Å². The molecule has 1 unspecified atom stereocenters. The van der Waals surface area contributed by atoms with Crippen molar-refractivity contribution in [3.8, 4) is 0 Å². The highest BCUT2D eigenvalue weighted by molar-refractivity contribution is 5.95. The molecule has 0 bridgehead atoms. The number of carbonyl (C=O) groups is 1. The molecule has 2 rings (SSSR count). The maximum absolute atomic E-state index is 12.4. The molecule has 1 fully saturated rings. The Balaban J connectivity index is 2.00. The summed E-state index contributed by atoms with van der Waals surface area (Å²) >= 11 is 0. The van der Waals surface area contributed by atoms with Crippen LogP contribution in [0.5, 0.6) is 0 Å². The minimum absolute atomic E-state index is 0.0117. The normalized spacial score (nSPS) is 19.3. The summed E-state index contributed by atoms with van der Waals surface area (Å²) in [6.07, 6.45) is 2.18. The molecule has 6 nitrogen and oxygen atoms in total. The number of amides is 1. The molecule has 0 aromatic carbocycles. The van der Waals surface area contributed by atoms with E-state index in [1.165, 1.54) is 6.26 Å². The number of hydrogen-bond acceptors (Lipinski definition) is 5. The van der Waals surface area contributed by atoms with E-state index in [2.05, 4.69) is 5.32 Å². The van der Waals surface area contributed by atoms with Crippen LogP contribution in [0.15, 0.2) is 16.7 Å². The third-order valence-corrected chi connectivity index (χ3v) is 4.00. The van der Waals surface area contributed by atoms with E-state index < -0.39 is 11.7 Å². The summed E-state index contributed by atoms with van der Waals surface area (Å²) in [5.41, 5.74) is -0.863. The monoisotopic (exact) mass is 325 g/mol. The van der Waals surface area contributed by atoms with Gasteiger partial charge in [0.1, 0.15) is 11.4 Å². The van der Waals surface area contributed by atoms with E-state index >= 15 is 0 Å². The highest BCUT2D eigenvalue weighted by Crippen LogP contribution is 2.34. The van der Waals surface area contributed by atoms with Crippen LogP contribution in [0, 0.1) is 5.41 Å². The van der Waals surface area contributed by atoms with Crippen molar-refractivity contribution >= 4 is 5.91 Å². The van der Waals surface area contributed by atoms with Crippen LogP contribution in [0.2, 0.25) is 0 Å². The molecule has 3 N–H and O–H groups in total. The van der Waals surface area contributed by atoms with Crippen LogP contribution in [-0.4, -0.2) is 42.0 Å². The van der Waals surface area contributed by atoms with Crippen LogP contribution in [0.25, 0.3) is 0 Å². The summed E-state index contributed by atoms with van der Waals surface area (Å²) in [7, 11) is 0. The summed E-state index contributed by atoms with van der Waals surface area (Å²) in [4.78, 5) is 12.4. The van der Waals surface area contributed by atoms with E-state index in [1.807, 2.05) is 20.8 Å². The average molecular weight is 325 g/mol. The number of nitrogens with one attached hydrogen (secondary N) is 1. The zero-order valence-corrected chi connectivity index (χ0v) is 14.1. The minimum atomic E-state index is -1.17. The second-order valence-corrected chi connectivity index (χ2v) is 7.44. The molecule has 6 heteroatoms. The first-order valence-electron chi connectivity index (χ1n) is 8.06. The maximum atomic E-state index is 12.4. The van der Waals surface area contributed by atoms with Gasteiger partial charge in [0.2, 0.25) is 0 Å². The summed E-state index contributed by atoms with van der Waals surface area (Å²) < 4.78 is 10.6. The Morgan fingerprint density at radius 3 is 2.65 bits per heavy atom. The second kappa shape index (κ2) is 7.03. The van der Waals surface area contributed by atoms with E-state index in [1.54, 1.807) is 6.07 Å². The van der Waals surface area contributed by atoms with Gasteiger partial charge in [-0.1, -0.05) is 20.8 Å². The average Bonchev–Trinajstić information content (AvgIpc) is 2.94. The summed E-state index contributed by atoms with van der Waals surface area (Å²) in [5, 5.41) is 23.4. The fourth-order valence-corrected chi connectivity index (χ4v) is 2.87. The van der Waals surface area contributed by atoms with Crippen molar-refractivity contribution in [3.05, 3.63) is 23.7 Å². The van der Waals surface area contributed by atoms with Crippen LogP contribution in [0.4, 0.5) is 0 Å². The number of aliphatic hydroxyl groups excluding tert-OH is 1. The Labute approximate surface area is 136 Å². The predicted molar refractivity (Wildman–Crippen MR) is 85.1 cm³/mol. The first kappa shape index (κ1) is 18.0. The molecule has 1 aromatic rings. The molecule has 0 spiro atoms. The van der Waals surface area contributed by atoms with Gasteiger partial charge in [0.15, 0.2) is 0 Å². The van der Waals surface area contributed by atoms with Crippen LogP contribution in [0.3, 0.4) is 0 Å². The molecule has 0 aliphatic carbocycles. The lowest BCUT2D eigenvalue weighted by Gasteiger charge is -2.30. The van der Waals surface area contributed by atoms with E-state index in [-0.39, 0.29) is 23.6 Å². The first-order valence-corrected chi connectivity index (χ1v) is 8.06. The van der Waals surface area contributed by atoms with Gasteiger partial charge in [-0.05, 0) is 17.9 Å². The number of rotatable bonds is 5. The van der Waals surface area contributed by atoms with Crippen molar-refractivity contribution in [1.82, 2.24) is 5.32 Å². The van der Waals surface area contributed by atoms with Crippen molar-refractivity contribution in [2.75, 3.05) is 19.8 Å². The van der Waals surface area contributed by atoms with E-state index in [0.717, 1.165) is 0 Å². The van der Waals surface area contributed by atoms with Crippen molar-refractivity contribution in [1.29, 1.82) is 0 Å². The zero-order chi connectivity index (χ0) is 17.1. The van der Waals surface area contributed by atoms with Crippen molar-refractivity contribution in [2.24, 2.45) is 5.41 Å². The number of aliphatic hydroxyl groups is 2. The minimum Gasteiger partial charge on any atom is -0.465 e. The zero-order valence-electron chi connectivity index (χ0n) is 14.1. The third kappa shape index (κ3) is 4.80. The van der Waals surface area contributed by atoms with Crippen molar-refractivity contribution < 1.29 is 24.2 Å².